The summed E-state index contributed by atoms with van der Waals surface area (Å²) in [5.74, 6) is 0. The van der Waals surface area contributed by atoms with E-state index in [-0.39, 0.29) is 5.17 Å². The molecule has 0 radical (unpaired) electrons. The molecule has 8 heavy (non-hydrogen) atoms. The summed E-state index contributed by atoms with van der Waals surface area (Å²) < 4.78 is 0. The largest absolute Gasteiger partial charge is 0.410 e. The molecule has 4 heteroatoms. The molecule has 0 spiro atoms. The summed E-state index contributed by atoms with van der Waals surface area (Å²) in [6.45, 7) is 3.27. The maximum atomic E-state index is 8.04. The molecule has 0 saturated carbocycles. The standard InChI is InChI=1S/C4H7Cl2NO/c1-4(2,6)3(5)7-8/h8H,1-2H3. The van der Waals surface area contributed by atoms with Crippen LogP contribution in [0.25, 0.3) is 0 Å². The van der Waals surface area contributed by atoms with Crippen LogP contribution in [0.2, 0.25) is 0 Å². The van der Waals surface area contributed by atoms with Crippen LogP contribution in [0.3, 0.4) is 0 Å². The van der Waals surface area contributed by atoms with E-state index in [2.05, 4.69) is 5.16 Å². The number of rotatable bonds is 1. The molecule has 1 N–H and O–H groups in total. The highest BCUT2D eigenvalue weighted by molar-refractivity contribution is 6.72. The average molecular weight is 156 g/mol. The van der Waals surface area contributed by atoms with Crippen LogP contribution in [0.5, 0.6) is 0 Å². The van der Waals surface area contributed by atoms with Gasteiger partial charge >= 0.3 is 0 Å². The fraction of sp³-hybridized carbons (Fsp3) is 0.750. The lowest BCUT2D eigenvalue weighted by Crippen LogP contribution is -2.19. The van der Waals surface area contributed by atoms with Crippen molar-refractivity contribution in [3.8, 4) is 0 Å². The van der Waals surface area contributed by atoms with Gasteiger partial charge in [0.1, 0.15) is 0 Å². The Balaban J connectivity index is 4.03. The summed E-state index contributed by atoms with van der Waals surface area (Å²) in [6.07, 6.45) is 0. The number of hydrogen-bond donors (Lipinski definition) is 1. The first kappa shape index (κ1) is 8.05. The van der Waals surface area contributed by atoms with Gasteiger partial charge in [-0.15, -0.1) is 11.6 Å². The minimum absolute atomic E-state index is 0.000772. The summed E-state index contributed by atoms with van der Waals surface area (Å²) in [6, 6.07) is 0. The quantitative estimate of drug-likeness (QED) is 0.268. The average Bonchev–Trinajstić information content (AvgIpc) is 1.62. The van der Waals surface area contributed by atoms with Crippen molar-refractivity contribution in [2.45, 2.75) is 18.7 Å². The van der Waals surface area contributed by atoms with E-state index in [0.717, 1.165) is 0 Å². The van der Waals surface area contributed by atoms with E-state index in [1.54, 1.807) is 13.8 Å². The number of hydrogen-bond acceptors (Lipinski definition) is 2. The molecule has 0 aromatic rings. The lowest BCUT2D eigenvalue weighted by Gasteiger charge is -2.09. The van der Waals surface area contributed by atoms with Crippen LogP contribution in [0.1, 0.15) is 13.8 Å². The molecule has 0 rings (SSSR count). The summed E-state index contributed by atoms with van der Waals surface area (Å²) in [4.78, 5) is -0.754. The maximum absolute atomic E-state index is 8.04. The third-order valence-electron chi connectivity index (χ3n) is 0.578. The van der Waals surface area contributed by atoms with E-state index in [0.29, 0.717) is 0 Å². The molecular weight excluding hydrogens is 149 g/mol. The first-order valence-electron chi connectivity index (χ1n) is 2.05. The van der Waals surface area contributed by atoms with Crippen LogP contribution in [0.4, 0.5) is 0 Å². The van der Waals surface area contributed by atoms with Crippen LogP contribution in [-0.4, -0.2) is 15.3 Å². The first-order valence-corrected chi connectivity index (χ1v) is 2.81. The minimum atomic E-state index is -0.754. The Labute approximate surface area is 58.1 Å². The summed E-state index contributed by atoms with van der Waals surface area (Å²) in [5.41, 5.74) is 0. The number of halogens is 2. The van der Waals surface area contributed by atoms with E-state index < -0.39 is 4.87 Å². The van der Waals surface area contributed by atoms with Crippen molar-refractivity contribution in [3.63, 3.8) is 0 Å². The summed E-state index contributed by atoms with van der Waals surface area (Å²) in [5, 5.41) is 10.8. The van der Waals surface area contributed by atoms with Gasteiger partial charge in [0.15, 0.2) is 5.17 Å². The molecule has 0 heterocycles. The van der Waals surface area contributed by atoms with Crippen molar-refractivity contribution in [2.75, 3.05) is 0 Å². The summed E-state index contributed by atoms with van der Waals surface area (Å²) in [7, 11) is 0. The van der Waals surface area contributed by atoms with Crippen LogP contribution in [-0.2, 0) is 0 Å². The molecule has 0 aliphatic heterocycles. The van der Waals surface area contributed by atoms with Crippen molar-refractivity contribution in [1.82, 2.24) is 0 Å². The molecule has 48 valence electrons. The normalized spacial score (nSPS) is 14.2. The van der Waals surface area contributed by atoms with Gasteiger partial charge in [0.2, 0.25) is 0 Å². The van der Waals surface area contributed by atoms with Crippen LogP contribution in [0, 0.1) is 0 Å². The molecule has 0 aromatic carbocycles. The Morgan fingerprint density at radius 3 is 2.00 bits per heavy atom. The molecular formula is C4H7Cl2NO. The second-order valence-electron chi connectivity index (χ2n) is 1.86. The Bertz CT molecular complexity index is 105. The van der Waals surface area contributed by atoms with Gasteiger partial charge in [-0.1, -0.05) is 16.8 Å². The lowest BCUT2D eigenvalue weighted by atomic mass is 10.2. The smallest absolute Gasteiger partial charge is 0.165 e. The van der Waals surface area contributed by atoms with Gasteiger partial charge in [0.25, 0.3) is 0 Å². The highest BCUT2D eigenvalue weighted by Gasteiger charge is 2.19. The van der Waals surface area contributed by atoms with Crippen molar-refractivity contribution < 1.29 is 5.21 Å². The van der Waals surface area contributed by atoms with Crippen LogP contribution < -0.4 is 0 Å². The monoisotopic (exact) mass is 155 g/mol. The minimum Gasteiger partial charge on any atom is -0.410 e. The van der Waals surface area contributed by atoms with E-state index in [1.165, 1.54) is 0 Å². The van der Waals surface area contributed by atoms with Crippen molar-refractivity contribution in [1.29, 1.82) is 0 Å². The van der Waals surface area contributed by atoms with Gasteiger partial charge in [-0.05, 0) is 13.8 Å². The third-order valence-corrected chi connectivity index (χ3v) is 1.40. The zero-order valence-corrected chi connectivity index (χ0v) is 6.16. The molecule has 2 nitrogen and oxygen atoms in total. The first-order chi connectivity index (χ1) is 3.48. The molecule has 0 bridgehead atoms. The highest BCUT2D eigenvalue weighted by Crippen LogP contribution is 2.16. The van der Waals surface area contributed by atoms with Gasteiger partial charge in [-0.3, -0.25) is 0 Å². The summed E-state index contributed by atoms with van der Waals surface area (Å²) >= 11 is 10.9. The zero-order chi connectivity index (χ0) is 6.78. The van der Waals surface area contributed by atoms with Gasteiger partial charge in [0.05, 0.1) is 4.87 Å². The van der Waals surface area contributed by atoms with E-state index >= 15 is 0 Å². The van der Waals surface area contributed by atoms with Crippen molar-refractivity contribution in [3.05, 3.63) is 0 Å². The topological polar surface area (TPSA) is 32.6 Å². The Morgan fingerprint density at radius 1 is 1.62 bits per heavy atom. The highest BCUT2D eigenvalue weighted by atomic mass is 35.5. The fourth-order valence-corrected chi connectivity index (χ4v) is 0.157. The Hall–Kier alpha value is 0.0500. The molecule has 0 saturated heterocycles. The van der Waals surface area contributed by atoms with Crippen molar-refractivity contribution >= 4 is 28.4 Å². The van der Waals surface area contributed by atoms with Gasteiger partial charge in [-0.2, -0.15) is 0 Å². The van der Waals surface area contributed by atoms with E-state index in [9.17, 15) is 0 Å². The van der Waals surface area contributed by atoms with Crippen LogP contribution in [0.15, 0.2) is 5.16 Å². The Morgan fingerprint density at radius 2 is 2.00 bits per heavy atom. The van der Waals surface area contributed by atoms with Gasteiger partial charge in [0, 0.05) is 0 Å². The maximum Gasteiger partial charge on any atom is 0.165 e. The number of oxime groups is 1. The van der Waals surface area contributed by atoms with Gasteiger partial charge < -0.3 is 5.21 Å². The number of nitrogens with zero attached hydrogens (tertiary/aromatic N) is 1. The number of alkyl halides is 1. The third kappa shape index (κ3) is 2.38. The van der Waals surface area contributed by atoms with Crippen molar-refractivity contribution in [2.24, 2.45) is 5.16 Å². The lowest BCUT2D eigenvalue weighted by molar-refractivity contribution is 0.318. The van der Waals surface area contributed by atoms with Gasteiger partial charge in [-0.25, -0.2) is 0 Å². The predicted octanol–water partition coefficient (Wildman–Crippen LogP) is 2.03. The van der Waals surface area contributed by atoms with E-state index in [4.69, 9.17) is 28.4 Å². The molecule has 0 atom stereocenters. The fourth-order valence-electron chi connectivity index (χ4n) is 0.119. The predicted molar refractivity (Wildman–Crippen MR) is 35.0 cm³/mol. The Kier molecular flexibility index (Phi) is 2.57. The SMILES string of the molecule is CC(C)(Cl)C(Cl)=NO. The molecule has 0 unspecified atom stereocenters. The second-order valence-corrected chi connectivity index (χ2v) is 3.17. The van der Waals surface area contributed by atoms with E-state index in [1.807, 2.05) is 0 Å². The molecule has 0 amide bonds. The zero-order valence-electron chi connectivity index (χ0n) is 4.65. The molecule has 0 fully saturated rings. The second kappa shape index (κ2) is 2.55. The molecule has 0 aliphatic carbocycles. The van der Waals surface area contributed by atoms with Crippen LogP contribution >= 0.6 is 23.2 Å². The molecule has 0 aromatic heterocycles. The molecule has 0 aliphatic rings.